The zero-order chi connectivity index (χ0) is 24.0. The summed E-state index contributed by atoms with van der Waals surface area (Å²) in [5.74, 6) is 3.74. The van der Waals surface area contributed by atoms with Crippen molar-refractivity contribution in [1.29, 1.82) is 0 Å². The van der Waals surface area contributed by atoms with E-state index in [1.165, 1.54) is 25.7 Å². The molecule has 0 aromatic rings. The van der Waals surface area contributed by atoms with Crippen molar-refractivity contribution in [1.82, 2.24) is 5.32 Å². The van der Waals surface area contributed by atoms with Crippen molar-refractivity contribution in [3.8, 4) is 0 Å². The first-order valence-electron chi connectivity index (χ1n) is 13.5. The lowest BCUT2D eigenvalue weighted by atomic mass is 9.43. The molecule has 4 aliphatic rings. The van der Waals surface area contributed by atoms with E-state index in [0.29, 0.717) is 54.2 Å². The number of aliphatic hydroxyl groups is 2. The summed E-state index contributed by atoms with van der Waals surface area (Å²) in [6.45, 7) is 7.79. The number of nitrogens with one attached hydrogen (secondary N) is 1. The van der Waals surface area contributed by atoms with Crippen molar-refractivity contribution in [3.63, 3.8) is 0 Å². The fourth-order valence-electron chi connectivity index (χ4n) is 9.16. The summed E-state index contributed by atoms with van der Waals surface area (Å²) in [4.78, 5) is 12.3. The lowest BCUT2D eigenvalue weighted by Gasteiger charge is -2.62. The van der Waals surface area contributed by atoms with Gasteiger partial charge in [-0.15, -0.1) is 0 Å². The van der Waals surface area contributed by atoms with Gasteiger partial charge in [0.25, 0.3) is 0 Å². The highest BCUT2D eigenvalue weighted by molar-refractivity contribution is 7.84. The molecular weight excluding hydrogens is 434 g/mol. The number of hydrogen-bond acceptors (Lipinski definition) is 4. The first kappa shape index (κ1) is 25.6. The van der Waals surface area contributed by atoms with Crippen LogP contribution >= 0.6 is 0 Å². The Morgan fingerprint density at radius 3 is 2.48 bits per heavy atom. The second-order valence-corrected chi connectivity index (χ2v) is 14.2. The lowest BCUT2D eigenvalue weighted by molar-refractivity contribution is -0.174. The molecule has 11 atom stereocenters. The number of carbonyl (C=O) groups excluding carboxylic acids is 1. The molecule has 1 amide bonds. The van der Waals surface area contributed by atoms with Crippen LogP contribution in [0.2, 0.25) is 0 Å². The monoisotopic (exact) mass is 481 g/mol. The highest BCUT2D eigenvalue weighted by Gasteiger charge is 2.62. The van der Waals surface area contributed by atoms with E-state index in [1.54, 1.807) is 6.26 Å². The van der Waals surface area contributed by atoms with Crippen molar-refractivity contribution in [2.75, 3.05) is 18.6 Å². The van der Waals surface area contributed by atoms with Gasteiger partial charge >= 0.3 is 0 Å². The van der Waals surface area contributed by atoms with Crippen LogP contribution in [0.1, 0.15) is 85.0 Å². The van der Waals surface area contributed by atoms with Crippen LogP contribution < -0.4 is 5.32 Å². The second kappa shape index (κ2) is 9.89. The Balaban J connectivity index is 1.40. The molecule has 0 spiro atoms. The summed E-state index contributed by atoms with van der Waals surface area (Å²) in [7, 11) is -0.869. The zero-order valence-corrected chi connectivity index (χ0v) is 22.0. The minimum absolute atomic E-state index is 0.0804. The molecular formula is C27H47NO4S. The summed E-state index contributed by atoms with van der Waals surface area (Å²) in [6, 6.07) is 0. The van der Waals surface area contributed by atoms with Gasteiger partial charge in [0.1, 0.15) is 0 Å². The molecule has 0 aromatic carbocycles. The Labute approximate surface area is 203 Å². The van der Waals surface area contributed by atoms with Crippen LogP contribution in [0.3, 0.4) is 0 Å². The van der Waals surface area contributed by atoms with Gasteiger partial charge in [-0.2, -0.15) is 0 Å². The van der Waals surface area contributed by atoms with Crippen LogP contribution in [0.5, 0.6) is 0 Å². The van der Waals surface area contributed by atoms with Crippen LogP contribution in [0.15, 0.2) is 0 Å². The Morgan fingerprint density at radius 1 is 1.06 bits per heavy atom. The highest BCUT2D eigenvalue weighted by atomic mass is 32.2. The van der Waals surface area contributed by atoms with E-state index < -0.39 is 10.8 Å². The van der Waals surface area contributed by atoms with Gasteiger partial charge in [0.05, 0.1) is 12.2 Å². The Morgan fingerprint density at radius 2 is 1.76 bits per heavy atom. The molecule has 190 valence electrons. The van der Waals surface area contributed by atoms with Gasteiger partial charge in [0, 0.05) is 35.8 Å². The smallest absolute Gasteiger partial charge is 0.220 e. The Kier molecular flexibility index (Phi) is 7.68. The second-order valence-electron chi connectivity index (χ2n) is 12.6. The minimum Gasteiger partial charge on any atom is -0.393 e. The molecule has 0 bridgehead atoms. The maximum Gasteiger partial charge on any atom is 0.220 e. The van der Waals surface area contributed by atoms with Crippen LogP contribution in [-0.2, 0) is 15.6 Å². The SMILES string of the molecule is C[C@H](CCC(=O)NCCS(C)=O)[C@H]1CC[C@H]2[C@@H]3[C@H](O)C[C@@H]4C[C@H](O)CC[C@]4(C)[C@H]3CC[C@]12C. The quantitative estimate of drug-likeness (QED) is 0.515. The first-order chi connectivity index (χ1) is 15.6. The largest absolute Gasteiger partial charge is 0.393 e. The van der Waals surface area contributed by atoms with Gasteiger partial charge in [0.15, 0.2) is 0 Å². The maximum atomic E-state index is 12.3. The molecule has 4 saturated carbocycles. The number of hydrogen-bond donors (Lipinski definition) is 3. The van der Waals surface area contributed by atoms with Crippen molar-refractivity contribution < 1.29 is 19.2 Å². The predicted octanol–water partition coefficient (Wildman–Crippen LogP) is 3.89. The summed E-state index contributed by atoms with van der Waals surface area (Å²) < 4.78 is 11.2. The predicted molar refractivity (Wildman–Crippen MR) is 133 cm³/mol. The summed E-state index contributed by atoms with van der Waals surface area (Å²) in [5, 5.41) is 24.6. The van der Waals surface area contributed by atoms with Crippen molar-refractivity contribution in [3.05, 3.63) is 0 Å². The van der Waals surface area contributed by atoms with Crippen molar-refractivity contribution in [2.45, 2.75) is 97.2 Å². The van der Waals surface area contributed by atoms with Crippen LogP contribution in [0.4, 0.5) is 0 Å². The van der Waals surface area contributed by atoms with E-state index in [9.17, 15) is 19.2 Å². The number of carbonyl (C=O) groups is 1. The molecule has 4 aliphatic carbocycles. The van der Waals surface area contributed by atoms with E-state index in [1.807, 2.05) is 0 Å². The third-order valence-corrected chi connectivity index (χ3v) is 11.7. The molecule has 33 heavy (non-hydrogen) atoms. The number of amides is 1. The average molecular weight is 482 g/mol. The Hall–Kier alpha value is -0.460. The molecule has 5 nitrogen and oxygen atoms in total. The molecule has 0 saturated heterocycles. The van der Waals surface area contributed by atoms with Gasteiger partial charge in [-0.1, -0.05) is 20.8 Å². The van der Waals surface area contributed by atoms with E-state index >= 15 is 0 Å². The van der Waals surface area contributed by atoms with Gasteiger partial charge < -0.3 is 15.5 Å². The van der Waals surface area contributed by atoms with E-state index in [-0.39, 0.29) is 28.9 Å². The van der Waals surface area contributed by atoms with Gasteiger partial charge in [-0.3, -0.25) is 9.00 Å². The molecule has 3 N–H and O–H groups in total. The van der Waals surface area contributed by atoms with Crippen LogP contribution in [0.25, 0.3) is 0 Å². The zero-order valence-electron chi connectivity index (χ0n) is 21.2. The van der Waals surface area contributed by atoms with Gasteiger partial charge in [0.2, 0.25) is 5.91 Å². The molecule has 1 unspecified atom stereocenters. The van der Waals surface area contributed by atoms with E-state index in [2.05, 4.69) is 26.1 Å². The maximum absolute atomic E-state index is 12.3. The number of rotatable bonds is 7. The van der Waals surface area contributed by atoms with Crippen LogP contribution in [-0.4, -0.2) is 51.1 Å². The topological polar surface area (TPSA) is 86.6 Å². The molecule has 0 heterocycles. The average Bonchev–Trinajstić information content (AvgIpc) is 3.10. The van der Waals surface area contributed by atoms with Crippen molar-refractivity contribution >= 4 is 16.7 Å². The molecule has 4 rings (SSSR count). The summed E-state index contributed by atoms with van der Waals surface area (Å²) in [5.41, 5.74) is 0.531. The first-order valence-corrected chi connectivity index (χ1v) is 15.2. The highest BCUT2D eigenvalue weighted by Crippen LogP contribution is 2.68. The number of aliphatic hydroxyl groups excluding tert-OH is 2. The lowest BCUT2D eigenvalue weighted by Crippen LogP contribution is -2.58. The van der Waals surface area contributed by atoms with Crippen molar-refractivity contribution in [2.24, 2.45) is 46.3 Å². The normalized spacial score (nSPS) is 46.5. The molecule has 4 fully saturated rings. The molecule has 0 radical (unpaired) electrons. The molecule has 6 heteroatoms. The van der Waals surface area contributed by atoms with Gasteiger partial charge in [-0.05, 0) is 104 Å². The fourth-order valence-corrected chi connectivity index (χ4v) is 9.55. The van der Waals surface area contributed by atoms with Crippen LogP contribution in [0, 0.1) is 46.3 Å². The Bertz CT molecular complexity index is 746. The third kappa shape index (κ3) is 4.82. The summed E-state index contributed by atoms with van der Waals surface area (Å²) >= 11 is 0. The molecule has 0 aromatic heterocycles. The van der Waals surface area contributed by atoms with E-state index in [4.69, 9.17) is 0 Å². The molecule has 0 aliphatic heterocycles. The third-order valence-electron chi connectivity index (χ3n) is 11.0. The minimum atomic E-state index is -0.869. The summed E-state index contributed by atoms with van der Waals surface area (Å²) in [6.07, 6.45) is 11.3. The standard InChI is InChI=1S/C27H47NO4S/c1-17(5-8-24(31)28-13-14-33(4)32)20-6-7-21-25-22(10-12-27(20,21)3)26(2)11-9-19(29)15-18(26)16-23(25)30/h17-23,25,29-30H,5-16H2,1-4H3,(H,28,31)/t17-,18+,19-,20-,21+,22+,23-,25+,26+,27-,33?/m1/s1. The fraction of sp³-hybridized carbons (Fsp3) is 0.963. The number of fused-ring (bicyclic) bond motifs is 5. The van der Waals surface area contributed by atoms with Gasteiger partial charge in [-0.25, -0.2) is 0 Å². The van der Waals surface area contributed by atoms with E-state index in [0.717, 1.165) is 32.1 Å².